The molecule has 1 saturated heterocycles. The normalized spacial score (nSPS) is 16.4. The molecule has 0 spiro atoms. The molecule has 0 amide bonds. The number of aromatic nitrogens is 3. The van der Waals surface area contributed by atoms with E-state index in [0.29, 0.717) is 6.04 Å². The highest BCUT2D eigenvalue weighted by Gasteiger charge is 2.18. The summed E-state index contributed by atoms with van der Waals surface area (Å²) in [5.74, 6) is 1.75. The summed E-state index contributed by atoms with van der Waals surface area (Å²) < 4.78 is 0. The largest absolute Gasteiger partial charge is 0.356 e. The lowest BCUT2D eigenvalue weighted by Gasteiger charge is -2.31. The molecule has 5 heteroatoms. The van der Waals surface area contributed by atoms with Gasteiger partial charge in [-0.2, -0.15) is 0 Å². The number of nitrogens with two attached hydrogens (primary N) is 1. The Balaban J connectivity index is 1.91. The molecule has 2 aromatic heterocycles. The third-order valence-corrected chi connectivity index (χ3v) is 3.62. The first-order valence-corrected chi connectivity index (χ1v) is 7.00. The third kappa shape index (κ3) is 2.77. The van der Waals surface area contributed by atoms with Gasteiger partial charge < -0.3 is 10.6 Å². The molecule has 0 unspecified atom stereocenters. The van der Waals surface area contributed by atoms with E-state index in [9.17, 15) is 0 Å². The quantitative estimate of drug-likeness (QED) is 0.900. The van der Waals surface area contributed by atoms with E-state index in [1.54, 1.807) is 6.20 Å². The molecule has 2 N–H and O–H groups in total. The Hall–Kier alpha value is -2.01. The van der Waals surface area contributed by atoms with Gasteiger partial charge in [-0.1, -0.05) is 6.07 Å². The molecule has 0 aliphatic carbocycles. The number of anilines is 1. The zero-order valence-electron chi connectivity index (χ0n) is 11.7. The summed E-state index contributed by atoms with van der Waals surface area (Å²) >= 11 is 0. The van der Waals surface area contributed by atoms with Crippen molar-refractivity contribution >= 4 is 5.82 Å². The molecule has 2 aromatic rings. The Morgan fingerprint density at radius 1 is 1.15 bits per heavy atom. The highest BCUT2D eigenvalue weighted by Crippen LogP contribution is 2.22. The van der Waals surface area contributed by atoms with Crippen molar-refractivity contribution in [3.63, 3.8) is 0 Å². The summed E-state index contributed by atoms with van der Waals surface area (Å²) in [6, 6.07) is 8.19. The van der Waals surface area contributed by atoms with E-state index in [1.165, 1.54) is 0 Å². The van der Waals surface area contributed by atoms with Crippen LogP contribution in [0.3, 0.4) is 0 Å². The maximum Gasteiger partial charge on any atom is 0.132 e. The molecule has 0 radical (unpaired) electrons. The van der Waals surface area contributed by atoms with Gasteiger partial charge in [0.1, 0.15) is 11.6 Å². The minimum atomic E-state index is 0.324. The van der Waals surface area contributed by atoms with E-state index in [-0.39, 0.29) is 0 Å². The fraction of sp³-hybridized carbons (Fsp3) is 0.400. The summed E-state index contributed by atoms with van der Waals surface area (Å²) in [5, 5.41) is 0. The second-order valence-electron chi connectivity index (χ2n) is 5.20. The SMILES string of the molecule is Cc1nc(-c2ccccn2)cc(N2CCC(N)CC2)n1. The van der Waals surface area contributed by atoms with Gasteiger partial charge in [0.05, 0.1) is 11.4 Å². The van der Waals surface area contributed by atoms with Gasteiger partial charge >= 0.3 is 0 Å². The molecule has 0 saturated carbocycles. The van der Waals surface area contributed by atoms with Gasteiger partial charge in [-0.15, -0.1) is 0 Å². The summed E-state index contributed by atoms with van der Waals surface area (Å²) in [6.07, 6.45) is 3.82. The monoisotopic (exact) mass is 269 g/mol. The Bertz CT molecular complexity index is 576. The average molecular weight is 269 g/mol. The summed E-state index contributed by atoms with van der Waals surface area (Å²) in [4.78, 5) is 15.7. The van der Waals surface area contributed by atoms with Gasteiger partial charge in [0, 0.05) is 31.4 Å². The number of rotatable bonds is 2. The zero-order chi connectivity index (χ0) is 13.9. The lowest BCUT2D eigenvalue weighted by atomic mass is 10.1. The summed E-state index contributed by atoms with van der Waals surface area (Å²) in [5.41, 5.74) is 7.72. The molecular weight excluding hydrogens is 250 g/mol. The molecule has 0 bridgehead atoms. The van der Waals surface area contributed by atoms with E-state index >= 15 is 0 Å². The van der Waals surface area contributed by atoms with Crippen LogP contribution in [0.4, 0.5) is 5.82 Å². The number of piperidine rings is 1. The first-order chi connectivity index (χ1) is 9.72. The maximum atomic E-state index is 5.96. The zero-order valence-corrected chi connectivity index (χ0v) is 11.7. The highest BCUT2D eigenvalue weighted by atomic mass is 15.2. The van der Waals surface area contributed by atoms with Crippen LogP contribution in [0, 0.1) is 6.92 Å². The fourth-order valence-corrected chi connectivity index (χ4v) is 2.49. The number of hydrogen-bond donors (Lipinski definition) is 1. The van der Waals surface area contributed by atoms with E-state index in [2.05, 4.69) is 19.9 Å². The van der Waals surface area contributed by atoms with Crippen LogP contribution in [0.25, 0.3) is 11.4 Å². The molecule has 3 rings (SSSR count). The summed E-state index contributed by atoms with van der Waals surface area (Å²) in [7, 11) is 0. The second kappa shape index (κ2) is 5.54. The Kier molecular flexibility index (Phi) is 3.60. The van der Waals surface area contributed by atoms with Crippen molar-refractivity contribution in [3.05, 3.63) is 36.3 Å². The van der Waals surface area contributed by atoms with Crippen LogP contribution in [-0.2, 0) is 0 Å². The van der Waals surface area contributed by atoms with Crippen LogP contribution in [-0.4, -0.2) is 34.1 Å². The van der Waals surface area contributed by atoms with E-state index in [1.807, 2.05) is 31.2 Å². The molecule has 1 fully saturated rings. The fourth-order valence-electron chi connectivity index (χ4n) is 2.49. The van der Waals surface area contributed by atoms with Crippen molar-refractivity contribution in [1.82, 2.24) is 15.0 Å². The Morgan fingerprint density at radius 3 is 2.65 bits per heavy atom. The smallest absolute Gasteiger partial charge is 0.132 e. The van der Waals surface area contributed by atoms with Crippen LogP contribution in [0.2, 0.25) is 0 Å². The number of nitrogens with zero attached hydrogens (tertiary/aromatic N) is 4. The second-order valence-corrected chi connectivity index (χ2v) is 5.20. The van der Waals surface area contributed by atoms with Crippen LogP contribution in [0.15, 0.2) is 30.5 Å². The lowest BCUT2D eigenvalue weighted by molar-refractivity contribution is 0.498. The van der Waals surface area contributed by atoms with Gasteiger partial charge in [0.25, 0.3) is 0 Å². The average Bonchev–Trinajstić information content (AvgIpc) is 2.48. The number of hydrogen-bond acceptors (Lipinski definition) is 5. The van der Waals surface area contributed by atoms with Gasteiger partial charge in [-0.05, 0) is 31.9 Å². The molecule has 1 aliphatic rings. The molecule has 0 aromatic carbocycles. The Morgan fingerprint density at radius 2 is 1.95 bits per heavy atom. The van der Waals surface area contributed by atoms with E-state index < -0.39 is 0 Å². The standard InChI is InChI=1S/C15H19N5/c1-11-18-14(13-4-2-3-7-17-13)10-15(19-11)20-8-5-12(16)6-9-20/h2-4,7,10,12H,5-6,8-9,16H2,1H3. The minimum absolute atomic E-state index is 0.324. The molecule has 20 heavy (non-hydrogen) atoms. The van der Waals surface area contributed by atoms with Crippen molar-refractivity contribution in [2.75, 3.05) is 18.0 Å². The van der Waals surface area contributed by atoms with Gasteiger partial charge in [-0.25, -0.2) is 9.97 Å². The van der Waals surface area contributed by atoms with Crippen molar-refractivity contribution < 1.29 is 0 Å². The number of pyridine rings is 1. The van der Waals surface area contributed by atoms with Crippen LogP contribution in [0.5, 0.6) is 0 Å². The van der Waals surface area contributed by atoms with Crippen molar-refractivity contribution in [3.8, 4) is 11.4 Å². The summed E-state index contributed by atoms with van der Waals surface area (Å²) in [6.45, 7) is 3.84. The predicted molar refractivity (Wildman–Crippen MR) is 79.4 cm³/mol. The molecule has 0 atom stereocenters. The van der Waals surface area contributed by atoms with Crippen LogP contribution in [0.1, 0.15) is 18.7 Å². The van der Waals surface area contributed by atoms with E-state index in [0.717, 1.165) is 49.0 Å². The molecule has 104 valence electrons. The number of aryl methyl sites for hydroxylation is 1. The topological polar surface area (TPSA) is 67.9 Å². The van der Waals surface area contributed by atoms with Gasteiger partial charge in [-0.3, -0.25) is 4.98 Å². The molecular formula is C15H19N5. The predicted octanol–water partition coefficient (Wildman–Crippen LogP) is 1.77. The first-order valence-electron chi connectivity index (χ1n) is 7.00. The molecule has 1 aliphatic heterocycles. The molecule has 5 nitrogen and oxygen atoms in total. The van der Waals surface area contributed by atoms with Crippen molar-refractivity contribution in [2.24, 2.45) is 5.73 Å². The lowest BCUT2D eigenvalue weighted by Crippen LogP contribution is -2.40. The van der Waals surface area contributed by atoms with E-state index in [4.69, 9.17) is 5.73 Å². The minimum Gasteiger partial charge on any atom is -0.356 e. The van der Waals surface area contributed by atoms with Crippen molar-refractivity contribution in [1.29, 1.82) is 0 Å². The van der Waals surface area contributed by atoms with Crippen LogP contribution >= 0.6 is 0 Å². The van der Waals surface area contributed by atoms with Gasteiger partial charge in [0.2, 0.25) is 0 Å². The Labute approximate surface area is 118 Å². The van der Waals surface area contributed by atoms with Crippen molar-refractivity contribution in [2.45, 2.75) is 25.8 Å². The highest BCUT2D eigenvalue weighted by molar-refractivity contribution is 5.59. The van der Waals surface area contributed by atoms with Gasteiger partial charge in [0.15, 0.2) is 0 Å². The third-order valence-electron chi connectivity index (χ3n) is 3.62. The van der Waals surface area contributed by atoms with Crippen LogP contribution < -0.4 is 10.6 Å². The molecule has 3 heterocycles. The maximum absolute atomic E-state index is 5.96. The first kappa shape index (κ1) is 13.0.